The van der Waals surface area contributed by atoms with E-state index in [1.165, 1.54) is 16.8 Å². The van der Waals surface area contributed by atoms with E-state index in [-0.39, 0.29) is 5.02 Å². The zero-order valence-corrected chi connectivity index (χ0v) is 13.6. The molecule has 1 aliphatic heterocycles. The molecule has 0 spiro atoms. The molecule has 24 heavy (non-hydrogen) atoms. The minimum Gasteiger partial charge on any atom is -0.315 e. The molecule has 1 N–H and O–H groups in total. The fourth-order valence-electron chi connectivity index (χ4n) is 2.73. The molecule has 3 rings (SSSR count). The molecule has 2 heterocycles. The molecule has 1 fully saturated rings. The molecule has 5 nitrogen and oxygen atoms in total. The van der Waals surface area contributed by atoms with Gasteiger partial charge in [0.25, 0.3) is 0 Å². The van der Waals surface area contributed by atoms with Crippen LogP contribution >= 0.6 is 11.6 Å². The highest BCUT2D eigenvalue weighted by Crippen LogP contribution is 2.35. The molecule has 130 valence electrons. The van der Waals surface area contributed by atoms with Crippen LogP contribution in [0.3, 0.4) is 0 Å². The quantitative estimate of drug-likeness (QED) is 0.915. The van der Waals surface area contributed by atoms with Crippen molar-refractivity contribution in [3.8, 4) is 5.69 Å². The Morgan fingerprint density at radius 2 is 2.04 bits per heavy atom. The lowest BCUT2D eigenvalue weighted by molar-refractivity contribution is -0.137. The van der Waals surface area contributed by atoms with E-state index in [1.807, 2.05) is 0 Å². The summed E-state index contributed by atoms with van der Waals surface area (Å²) in [4.78, 5) is 2.23. The number of hydrogen-bond donors (Lipinski definition) is 1. The molecule has 0 unspecified atom stereocenters. The third-order valence-corrected chi connectivity index (χ3v) is 4.27. The first-order valence-corrected chi connectivity index (χ1v) is 8.03. The van der Waals surface area contributed by atoms with Crippen LogP contribution in [0.4, 0.5) is 13.2 Å². The van der Waals surface area contributed by atoms with Crippen LogP contribution in [0, 0.1) is 0 Å². The Hall–Kier alpha value is -1.64. The van der Waals surface area contributed by atoms with Gasteiger partial charge in [0, 0.05) is 19.6 Å². The molecule has 1 aliphatic rings. The summed E-state index contributed by atoms with van der Waals surface area (Å²) in [6.45, 7) is 4.24. The maximum Gasteiger partial charge on any atom is 0.417 e. The molecular weight excluding hydrogens is 343 g/mol. The molecule has 0 saturated carbocycles. The first-order chi connectivity index (χ1) is 11.4. The van der Waals surface area contributed by atoms with Crippen molar-refractivity contribution in [1.29, 1.82) is 0 Å². The van der Waals surface area contributed by atoms with Gasteiger partial charge in [-0.1, -0.05) is 16.8 Å². The Balaban J connectivity index is 1.87. The summed E-state index contributed by atoms with van der Waals surface area (Å²) < 4.78 is 40.6. The van der Waals surface area contributed by atoms with Crippen molar-refractivity contribution in [3.63, 3.8) is 0 Å². The summed E-state index contributed by atoms with van der Waals surface area (Å²) in [6.07, 6.45) is -1.90. The Morgan fingerprint density at radius 3 is 2.83 bits per heavy atom. The van der Waals surface area contributed by atoms with E-state index in [2.05, 4.69) is 20.5 Å². The van der Waals surface area contributed by atoms with Gasteiger partial charge in [-0.25, -0.2) is 4.68 Å². The molecule has 9 heteroatoms. The van der Waals surface area contributed by atoms with Crippen LogP contribution in [0.1, 0.15) is 17.7 Å². The number of nitrogens with one attached hydrogen (secondary N) is 1. The summed E-state index contributed by atoms with van der Waals surface area (Å²) in [5.41, 5.74) is 0.168. The van der Waals surface area contributed by atoms with Gasteiger partial charge in [0.2, 0.25) is 0 Å². The van der Waals surface area contributed by atoms with Crippen LogP contribution in [0.25, 0.3) is 5.69 Å². The highest BCUT2D eigenvalue weighted by Gasteiger charge is 2.33. The van der Waals surface area contributed by atoms with Crippen molar-refractivity contribution in [2.75, 3.05) is 26.2 Å². The summed E-state index contributed by atoms with van der Waals surface area (Å²) in [5, 5.41) is 10.8. The van der Waals surface area contributed by atoms with Crippen molar-refractivity contribution in [2.24, 2.45) is 0 Å². The van der Waals surface area contributed by atoms with Gasteiger partial charge in [0.05, 0.1) is 28.2 Å². The number of hydrogen-bond acceptors (Lipinski definition) is 4. The Kier molecular flexibility index (Phi) is 5.07. The second-order valence-electron chi connectivity index (χ2n) is 5.68. The predicted octanol–water partition coefficient (Wildman–Crippen LogP) is 2.73. The molecule has 1 aromatic heterocycles. The van der Waals surface area contributed by atoms with Gasteiger partial charge in [-0.05, 0) is 37.7 Å². The van der Waals surface area contributed by atoms with Gasteiger partial charge in [-0.3, -0.25) is 4.90 Å². The Morgan fingerprint density at radius 1 is 1.21 bits per heavy atom. The average molecular weight is 360 g/mol. The van der Waals surface area contributed by atoms with Gasteiger partial charge in [-0.2, -0.15) is 13.2 Å². The number of nitrogens with zero attached hydrogens (tertiary/aromatic N) is 4. The van der Waals surface area contributed by atoms with Crippen LogP contribution in [0.2, 0.25) is 5.02 Å². The summed E-state index contributed by atoms with van der Waals surface area (Å²) >= 11 is 5.68. The first-order valence-electron chi connectivity index (χ1n) is 7.65. The molecule has 1 aromatic carbocycles. The molecular formula is C15H17ClF3N5. The normalized spacial score (nSPS) is 17.0. The van der Waals surface area contributed by atoms with E-state index in [4.69, 9.17) is 11.6 Å². The van der Waals surface area contributed by atoms with Crippen molar-refractivity contribution in [1.82, 2.24) is 25.2 Å². The van der Waals surface area contributed by atoms with Gasteiger partial charge in [-0.15, -0.1) is 5.10 Å². The number of alkyl halides is 3. The van der Waals surface area contributed by atoms with E-state index >= 15 is 0 Å². The molecule has 0 aliphatic carbocycles. The number of aromatic nitrogens is 3. The first kappa shape index (κ1) is 17.2. The Labute approximate surface area is 142 Å². The minimum atomic E-state index is -4.51. The molecule has 1 saturated heterocycles. The van der Waals surface area contributed by atoms with Crippen molar-refractivity contribution in [2.45, 2.75) is 19.1 Å². The molecule has 0 radical (unpaired) electrons. The maximum absolute atomic E-state index is 13.0. The van der Waals surface area contributed by atoms with Crippen molar-refractivity contribution in [3.05, 3.63) is 40.7 Å². The minimum absolute atomic E-state index is 0.298. The van der Waals surface area contributed by atoms with E-state index < -0.39 is 11.7 Å². The van der Waals surface area contributed by atoms with Gasteiger partial charge in [0.15, 0.2) is 0 Å². The average Bonchev–Trinajstić information content (AvgIpc) is 2.82. The third kappa shape index (κ3) is 3.88. The van der Waals surface area contributed by atoms with E-state index in [1.54, 1.807) is 6.20 Å². The monoisotopic (exact) mass is 359 g/mol. The van der Waals surface area contributed by atoms with Gasteiger partial charge < -0.3 is 5.32 Å². The zero-order valence-electron chi connectivity index (χ0n) is 12.9. The van der Waals surface area contributed by atoms with Gasteiger partial charge >= 0.3 is 6.18 Å². The van der Waals surface area contributed by atoms with Gasteiger partial charge in [0.1, 0.15) is 0 Å². The third-order valence-electron chi connectivity index (χ3n) is 3.94. The standard InChI is InChI=1S/C15H17ClF3N5/c16-14-3-2-11(8-13(14)15(17,18)19)24-12(9-21-22-24)10-23-6-1-4-20-5-7-23/h2-3,8-9,20H,1,4-7,10H2. The van der Waals surface area contributed by atoms with E-state index in [0.29, 0.717) is 12.2 Å². The second kappa shape index (κ2) is 7.08. The smallest absolute Gasteiger partial charge is 0.315 e. The summed E-state index contributed by atoms with van der Waals surface area (Å²) in [7, 11) is 0. The zero-order chi connectivity index (χ0) is 17.2. The highest BCUT2D eigenvalue weighted by molar-refractivity contribution is 6.31. The van der Waals surface area contributed by atoms with Crippen molar-refractivity contribution >= 4 is 11.6 Å². The largest absolute Gasteiger partial charge is 0.417 e. The van der Waals surface area contributed by atoms with Crippen LogP contribution in [-0.4, -0.2) is 46.1 Å². The fourth-order valence-corrected chi connectivity index (χ4v) is 2.96. The van der Waals surface area contributed by atoms with Crippen LogP contribution in [-0.2, 0) is 12.7 Å². The summed E-state index contributed by atoms with van der Waals surface area (Å²) in [5.74, 6) is 0. The molecule has 0 bridgehead atoms. The van der Waals surface area contributed by atoms with Crippen LogP contribution in [0.5, 0.6) is 0 Å². The summed E-state index contributed by atoms with van der Waals surface area (Å²) in [6, 6.07) is 3.76. The number of halogens is 4. The molecule has 0 amide bonds. The lowest BCUT2D eigenvalue weighted by Gasteiger charge is -2.19. The maximum atomic E-state index is 13.0. The molecule has 2 aromatic rings. The highest BCUT2D eigenvalue weighted by atomic mass is 35.5. The SMILES string of the molecule is FC(F)(F)c1cc(-n2nncc2CN2CCCNCC2)ccc1Cl. The second-order valence-corrected chi connectivity index (χ2v) is 6.09. The molecule has 0 atom stereocenters. The topological polar surface area (TPSA) is 46.0 Å². The van der Waals surface area contributed by atoms with Crippen molar-refractivity contribution < 1.29 is 13.2 Å². The van der Waals surface area contributed by atoms with E-state index in [9.17, 15) is 13.2 Å². The van der Waals surface area contributed by atoms with Crippen LogP contribution < -0.4 is 5.32 Å². The predicted molar refractivity (Wildman–Crippen MR) is 84.1 cm³/mol. The number of benzene rings is 1. The van der Waals surface area contributed by atoms with Crippen LogP contribution in [0.15, 0.2) is 24.4 Å². The lowest BCUT2D eigenvalue weighted by atomic mass is 10.2. The Bertz CT molecular complexity index is 693. The fraction of sp³-hybridized carbons (Fsp3) is 0.467. The van der Waals surface area contributed by atoms with E-state index in [0.717, 1.165) is 44.4 Å². The number of rotatable bonds is 3. The lowest BCUT2D eigenvalue weighted by Crippen LogP contribution is -2.28.